The van der Waals surface area contributed by atoms with Gasteiger partial charge in [-0.05, 0) is 60.2 Å². The van der Waals surface area contributed by atoms with Gasteiger partial charge in [0.25, 0.3) is 5.91 Å². The summed E-state index contributed by atoms with van der Waals surface area (Å²) in [6, 6.07) is 22.8. The van der Waals surface area contributed by atoms with Crippen molar-refractivity contribution in [1.29, 1.82) is 0 Å². The summed E-state index contributed by atoms with van der Waals surface area (Å²) >= 11 is 0. The SMILES string of the molecule is O=C(C=Cc1ccc(-n2ccnc2)cc1)OCC(=O)c1ccc(NC(=O)c2ccccc2)cc1. The van der Waals surface area contributed by atoms with E-state index in [2.05, 4.69) is 10.3 Å². The smallest absolute Gasteiger partial charge is 0.331 e. The van der Waals surface area contributed by atoms with Crippen molar-refractivity contribution in [3.63, 3.8) is 0 Å². The highest BCUT2D eigenvalue weighted by Gasteiger charge is 2.10. The first-order valence-electron chi connectivity index (χ1n) is 10.5. The first-order chi connectivity index (χ1) is 16.6. The van der Waals surface area contributed by atoms with Crippen molar-refractivity contribution >= 4 is 29.4 Å². The average Bonchev–Trinajstić information content (AvgIpc) is 3.42. The molecule has 1 amide bonds. The van der Waals surface area contributed by atoms with Gasteiger partial charge >= 0.3 is 5.97 Å². The summed E-state index contributed by atoms with van der Waals surface area (Å²) in [7, 11) is 0. The number of esters is 1. The summed E-state index contributed by atoms with van der Waals surface area (Å²) in [6.07, 6.45) is 8.14. The number of carbonyl (C=O) groups excluding carboxylic acids is 3. The first-order valence-corrected chi connectivity index (χ1v) is 10.5. The summed E-state index contributed by atoms with van der Waals surface area (Å²) in [4.78, 5) is 40.5. The molecule has 1 N–H and O–H groups in total. The third kappa shape index (κ3) is 5.92. The van der Waals surface area contributed by atoms with Crippen LogP contribution in [-0.2, 0) is 9.53 Å². The third-order valence-electron chi connectivity index (χ3n) is 4.95. The number of aromatic nitrogens is 2. The van der Waals surface area contributed by atoms with Crippen molar-refractivity contribution in [2.45, 2.75) is 0 Å². The molecule has 1 heterocycles. The molecule has 0 fully saturated rings. The fraction of sp³-hybridized carbons (Fsp3) is 0.0370. The first kappa shape index (κ1) is 22.4. The lowest BCUT2D eigenvalue weighted by atomic mass is 10.1. The largest absolute Gasteiger partial charge is 0.454 e. The minimum atomic E-state index is -0.612. The standard InChI is InChI=1S/C27H21N3O4/c31-25(21-9-11-23(12-10-21)29-27(33)22-4-2-1-3-5-22)18-34-26(32)15-8-20-6-13-24(14-7-20)30-17-16-28-19-30/h1-17,19H,18H2,(H,29,33). The Kier molecular flexibility index (Phi) is 7.05. The molecule has 3 aromatic carbocycles. The number of carbonyl (C=O) groups is 3. The second-order valence-electron chi connectivity index (χ2n) is 7.32. The Balaban J connectivity index is 1.26. The summed E-state index contributed by atoms with van der Waals surface area (Å²) < 4.78 is 6.93. The van der Waals surface area contributed by atoms with Crippen LogP contribution in [0.5, 0.6) is 0 Å². The summed E-state index contributed by atoms with van der Waals surface area (Å²) in [6.45, 7) is -0.377. The Morgan fingerprint density at radius 1 is 0.882 bits per heavy atom. The molecule has 0 bridgehead atoms. The molecule has 0 saturated heterocycles. The van der Waals surface area contributed by atoms with E-state index in [1.54, 1.807) is 67.1 Å². The van der Waals surface area contributed by atoms with Crippen molar-refractivity contribution in [2.75, 3.05) is 11.9 Å². The normalized spacial score (nSPS) is 10.7. The Morgan fingerprint density at radius 3 is 2.29 bits per heavy atom. The molecular weight excluding hydrogens is 430 g/mol. The lowest BCUT2D eigenvalue weighted by molar-refractivity contribution is -0.136. The number of benzene rings is 3. The number of amides is 1. The number of Topliss-reactive ketones (excluding diaryl/α,β-unsaturated/α-hetero) is 1. The van der Waals surface area contributed by atoms with Crippen LogP contribution in [0.1, 0.15) is 26.3 Å². The number of ether oxygens (including phenoxy) is 1. The minimum Gasteiger partial charge on any atom is -0.454 e. The number of hydrogen-bond donors (Lipinski definition) is 1. The van der Waals surface area contributed by atoms with Gasteiger partial charge in [0.2, 0.25) is 0 Å². The molecule has 0 unspecified atom stereocenters. The maximum atomic E-state index is 12.3. The van der Waals surface area contributed by atoms with E-state index in [0.717, 1.165) is 11.3 Å². The monoisotopic (exact) mass is 451 g/mol. The average molecular weight is 451 g/mol. The second-order valence-corrected chi connectivity index (χ2v) is 7.32. The molecule has 168 valence electrons. The molecule has 1 aromatic heterocycles. The number of ketones is 1. The third-order valence-corrected chi connectivity index (χ3v) is 4.95. The summed E-state index contributed by atoms with van der Waals surface area (Å²) in [5, 5.41) is 2.77. The van der Waals surface area contributed by atoms with Gasteiger partial charge in [0.05, 0.1) is 6.33 Å². The zero-order valence-electron chi connectivity index (χ0n) is 18.1. The van der Waals surface area contributed by atoms with E-state index >= 15 is 0 Å². The highest BCUT2D eigenvalue weighted by atomic mass is 16.5. The van der Waals surface area contributed by atoms with E-state index in [4.69, 9.17) is 4.74 Å². The van der Waals surface area contributed by atoms with E-state index in [1.165, 1.54) is 6.08 Å². The predicted molar refractivity (Wildman–Crippen MR) is 129 cm³/mol. The van der Waals surface area contributed by atoms with Crippen LogP contribution in [0.2, 0.25) is 0 Å². The number of rotatable bonds is 8. The van der Waals surface area contributed by atoms with Gasteiger partial charge in [-0.2, -0.15) is 0 Å². The van der Waals surface area contributed by atoms with Gasteiger partial charge in [-0.25, -0.2) is 9.78 Å². The quantitative estimate of drug-likeness (QED) is 0.241. The Morgan fingerprint density at radius 2 is 1.62 bits per heavy atom. The maximum absolute atomic E-state index is 12.3. The molecule has 0 aliphatic heterocycles. The van der Waals surface area contributed by atoms with Crippen molar-refractivity contribution in [2.24, 2.45) is 0 Å². The van der Waals surface area contributed by atoms with Crippen molar-refractivity contribution in [1.82, 2.24) is 9.55 Å². The van der Waals surface area contributed by atoms with Gasteiger partial charge in [0.15, 0.2) is 12.4 Å². The van der Waals surface area contributed by atoms with E-state index in [0.29, 0.717) is 16.8 Å². The number of hydrogen-bond acceptors (Lipinski definition) is 5. The van der Waals surface area contributed by atoms with Crippen LogP contribution in [-0.4, -0.2) is 33.8 Å². The molecule has 0 aliphatic carbocycles. The van der Waals surface area contributed by atoms with E-state index < -0.39 is 5.97 Å². The second kappa shape index (κ2) is 10.7. The highest BCUT2D eigenvalue weighted by Crippen LogP contribution is 2.13. The van der Waals surface area contributed by atoms with Gasteiger partial charge in [0.1, 0.15) is 0 Å². The van der Waals surface area contributed by atoms with Crippen LogP contribution in [0.15, 0.2) is 104 Å². The Labute approximate surface area is 196 Å². The van der Waals surface area contributed by atoms with Crippen LogP contribution in [0.4, 0.5) is 5.69 Å². The van der Waals surface area contributed by atoms with Crippen LogP contribution in [0.25, 0.3) is 11.8 Å². The molecule has 4 rings (SSSR count). The van der Waals surface area contributed by atoms with E-state index in [1.807, 2.05) is 41.1 Å². The molecule has 7 heteroatoms. The fourth-order valence-corrected chi connectivity index (χ4v) is 3.13. The van der Waals surface area contributed by atoms with Gasteiger partial charge in [-0.3, -0.25) is 9.59 Å². The number of nitrogens with one attached hydrogen (secondary N) is 1. The van der Waals surface area contributed by atoms with Crippen molar-refractivity contribution in [3.8, 4) is 5.69 Å². The van der Waals surface area contributed by atoms with Crippen LogP contribution in [0, 0.1) is 0 Å². The van der Waals surface area contributed by atoms with E-state index in [-0.39, 0.29) is 18.3 Å². The molecule has 0 spiro atoms. The Hall–Kier alpha value is -4.78. The maximum Gasteiger partial charge on any atom is 0.331 e. The molecule has 7 nitrogen and oxygen atoms in total. The molecule has 0 radical (unpaired) electrons. The lowest BCUT2D eigenvalue weighted by Gasteiger charge is -2.07. The zero-order valence-corrected chi connectivity index (χ0v) is 18.1. The van der Waals surface area contributed by atoms with Gasteiger partial charge in [-0.15, -0.1) is 0 Å². The number of imidazole rings is 1. The van der Waals surface area contributed by atoms with Gasteiger partial charge in [-0.1, -0.05) is 30.3 Å². The zero-order chi connectivity index (χ0) is 23.8. The van der Waals surface area contributed by atoms with Crippen LogP contribution >= 0.6 is 0 Å². The molecule has 4 aromatic rings. The van der Waals surface area contributed by atoms with Gasteiger partial charge in [0, 0.05) is 41.0 Å². The summed E-state index contributed by atoms with van der Waals surface area (Å²) in [5.41, 5.74) is 3.25. The molecular formula is C27H21N3O4. The van der Waals surface area contributed by atoms with E-state index in [9.17, 15) is 14.4 Å². The Bertz CT molecular complexity index is 1290. The van der Waals surface area contributed by atoms with Gasteiger partial charge < -0.3 is 14.6 Å². The highest BCUT2D eigenvalue weighted by molar-refractivity contribution is 6.04. The summed E-state index contributed by atoms with van der Waals surface area (Å²) in [5.74, 6) is -1.19. The number of anilines is 1. The molecule has 0 aliphatic rings. The topological polar surface area (TPSA) is 90.3 Å². The fourth-order valence-electron chi connectivity index (χ4n) is 3.13. The van der Waals surface area contributed by atoms with Crippen molar-refractivity contribution < 1.29 is 19.1 Å². The van der Waals surface area contributed by atoms with Crippen LogP contribution < -0.4 is 5.32 Å². The molecule has 0 atom stereocenters. The van der Waals surface area contributed by atoms with Crippen molar-refractivity contribution in [3.05, 3.63) is 120 Å². The minimum absolute atomic E-state index is 0.239. The predicted octanol–water partition coefficient (Wildman–Crippen LogP) is 4.56. The molecule has 34 heavy (non-hydrogen) atoms. The lowest BCUT2D eigenvalue weighted by Crippen LogP contribution is -2.13. The molecule has 0 saturated carbocycles. The van der Waals surface area contributed by atoms with Crippen LogP contribution in [0.3, 0.4) is 0 Å². The number of nitrogens with zero attached hydrogens (tertiary/aromatic N) is 2.